The SMILES string of the molecule is CNC(=O)Cc1csc(NC2CCCCN2)[nH+]1. The zero-order chi connectivity index (χ0) is 12.1. The number of likely N-dealkylation sites (N-methyl/N-ethyl adjacent to an activating group) is 1. The Balaban J connectivity index is 1.86. The largest absolute Gasteiger partial charge is 0.359 e. The predicted octanol–water partition coefficient (Wildman–Crippen LogP) is 0.362. The molecule has 0 radical (unpaired) electrons. The normalized spacial score (nSPS) is 19.9. The van der Waals surface area contributed by atoms with Crippen LogP contribution in [-0.4, -0.2) is 25.7 Å². The smallest absolute Gasteiger partial charge is 0.333 e. The highest BCUT2D eigenvalue weighted by Gasteiger charge is 2.19. The monoisotopic (exact) mass is 255 g/mol. The first kappa shape index (κ1) is 12.3. The van der Waals surface area contributed by atoms with Crippen LogP contribution in [-0.2, 0) is 11.2 Å². The van der Waals surface area contributed by atoms with E-state index in [1.807, 2.05) is 5.38 Å². The van der Waals surface area contributed by atoms with Gasteiger partial charge in [-0.25, -0.2) is 10.3 Å². The van der Waals surface area contributed by atoms with Crippen molar-refractivity contribution in [3.63, 3.8) is 0 Å². The summed E-state index contributed by atoms with van der Waals surface area (Å²) in [5, 5.41) is 12.5. The number of carbonyl (C=O) groups is 1. The number of piperidine rings is 1. The molecule has 0 bridgehead atoms. The standard InChI is InChI=1S/C11H18N4OS/c1-12-10(16)6-8-7-17-11(14-8)15-9-4-2-3-5-13-9/h7,9,13H,2-6H2,1H3,(H,12,16)(H,14,15)/p+1. The van der Waals surface area contributed by atoms with Crippen molar-refractivity contribution in [1.82, 2.24) is 10.6 Å². The summed E-state index contributed by atoms with van der Waals surface area (Å²) < 4.78 is 0. The number of aromatic amines is 1. The first-order valence-corrected chi connectivity index (χ1v) is 6.86. The van der Waals surface area contributed by atoms with E-state index in [0.717, 1.165) is 23.8 Å². The number of hydrogen-bond acceptors (Lipinski definition) is 4. The fraction of sp³-hybridized carbons (Fsp3) is 0.636. The van der Waals surface area contributed by atoms with Crippen LogP contribution in [0.3, 0.4) is 0 Å². The quantitative estimate of drug-likeness (QED) is 0.728. The lowest BCUT2D eigenvalue weighted by molar-refractivity contribution is -0.366. The second-order valence-electron chi connectivity index (χ2n) is 4.21. The fourth-order valence-corrected chi connectivity index (χ4v) is 2.69. The molecule has 17 heavy (non-hydrogen) atoms. The van der Waals surface area contributed by atoms with Crippen LogP contribution in [0.4, 0.5) is 5.13 Å². The highest BCUT2D eigenvalue weighted by atomic mass is 32.1. The van der Waals surface area contributed by atoms with Crippen molar-refractivity contribution in [2.45, 2.75) is 31.8 Å². The summed E-state index contributed by atoms with van der Waals surface area (Å²) in [5.41, 5.74) is 0.952. The highest BCUT2D eigenvalue weighted by molar-refractivity contribution is 7.13. The number of nitrogens with one attached hydrogen (secondary N) is 4. The molecule has 0 aliphatic carbocycles. The maximum absolute atomic E-state index is 11.2. The molecule has 6 heteroatoms. The van der Waals surface area contributed by atoms with E-state index >= 15 is 0 Å². The van der Waals surface area contributed by atoms with Gasteiger partial charge in [-0.2, -0.15) is 0 Å². The van der Waals surface area contributed by atoms with Gasteiger partial charge in [0.1, 0.15) is 11.9 Å². The minimum absolute atomic E-state index is 0.0291. The summed E-state index contributed by atoms with van der Waals surface area (Å²) in [7, 11) is 1.65. The third-order valence-electron chi connectivity index (χ3n) is 2.84. The third kappa shape index (κ3) is 3.67. The molecule has 1 unspecified atom stereocenters. The van der Waals surface area contributed by atoms with E-state index in [1.54, 1.807) is 18.4 Å². The summed E-state index contributed by atoms with van der Waals surface area (Å²) in [5.74, 6) is 0.0291. The minimum Gasteiger partial charge on any atom is -0.359 e. The molecule has 94 valence electrons. The summed E-state index contributed by atoms with van der Waals surface area (Å²) in [6.45, 7) is 1.08. The van der Waals surface area contributed by atoms with E-state index in [1.165, 1.54) is 12.8 Å². The number of hydrogen-bond donors (Lipinski definition) is 3. The third-order valence-corrected chi connectivity index (χ3v) is 3.70. The molecule has 0 saturated carbocycles. The first-order valence-electron chi connectivity index (χ1n) is 5.98. The molecular formula is C11H19N4OS+. The van der Waals surface area contributed by atoms with Crippen LogP contribution < -0.4 is 20.9 Å². The van der Waals surface area contributed by atoms with E-state index in [-0.39, 0.29) is 5.91 Å². The molecule has 1 aromatic heterocycles. The number of H-pyrrole nitrogens is 1. The number of aromatic nitrogens is 1. The summed E-state index contributed by atoms with van der Waals surface area (Å²) >= 11 is 1.61. The molecule has 5 nitrogen and oxygen atoms in total. The molecule has 1 fully saturated rings. The van der Waals surface area contributed by atoms with Gasteiger partial charge in [-0.05, 0) is 19.4 Å². The Morgan fingerprint density at radius 2 is 2.53 bits per heavy atom. The minimum atomic E-state index is 0.0291. The Kier molecular flexibility index (Phi) is 4.33. The van der Waals surface area contributed by atoms with Crippen molar-refractivity contribution in [1.29, 1.82) is 0 Å². The second kappa shape index (κ2) is 5.97. The lowest BCUT2D eigenvalue weighted by Gasteiger charge is -2.19. The van der Waals surface area contributed by atoms with Crippen LogP contribution >= 0.6 is 11.3 Å². The molecular weight excluding hydrogens is 236 g/mol. The molecule has 1 aliphatic heterocycles. The van der Waals surface area contributed by atoms with Gasteiger partial charge in [-0.1, -0.05) is 11.3 Å². The van der Waals surface area contributed by atoms with Gasteiger partial charge >= 0.3 is 5.13 Å². The first-order chi connectivity index (χ1) is 8.28. The Labute approximate surface area is 105 Å². The number of thiazole rings is 1. The van der Waals surface area contributed by atoms with E-state index in [9.17, 15) is 4.79 Å². The Hall–Kier alpha value is -1.14. The van der Waals surface area contributed by atoms with E-state index in [2.05, 4.69) is 20.9 Å². The van der Waals surface area contributed by atoms with Gasteiger partial charge < -0.3 is 5.32 Å². The maximum Gasteiger partial charge on any atom is 0.333 e. The molecule has 0 aromatic carbocycles. The zero-order valence-electron chi connectivity index (χ0n) is 10.0. The van der Waals surface area contributed by atoms with Crippen LogP contribution in [0.1, 0.15) is 25.0 Å². The highest BCUT2D eigenvalue weighted by Crippen LogP contribution is 2.14. The second-order valence-corrected chi connectivity index (χ2v) is 5.09. The fourth-order valence-electron chi connectivity index (χ4n) is 1.89. The van der Waals surface area contributed by atoms with Gasteiger partial charge in [0.2, 0.25) is 5.91 Å². The average Bonchev–Trinajstić information content (AvgIpc) is 2.77. The van der Waals surface area contributed by atoms with Crippen molar-refractivity contribution in [2.75, 3.05) is 18.9 Å². The maximum atomic E-state index is 11.2. The molecule has 1 atom stereocenters. The molecule has 1 saturated heterocycles. The van der Waals surface area contributed by atoms with Crippen LogP contribution in [0.2, 0.25) is 0 Å². The molecule has 2 rings (SSSR count). The average molecular weight is 255 g/mol. The molecule has 1 amide bonds. The van der Waals surface area contributed by atoms with Crippen molar-refractivity contribution < 1.29 is 9.78 Å². The molecule has 4 N–H and O–H groups in total. The molecule has 1 aliphatic rings. The predicted molar refractivity (Wildman–Crippen MR) is 67.9 cm³/mol. The van der Waals surface area contributed by atoms with Crippen LogP contribution in [0, 0.1) is 0 Å². The van der Waals surface area contributed by atoms with Crippen LogP contribution in [0.5, 0.6) is 0 Å². The van der Waals surface area contributed by atoms with Crippen LogP contribution in [0.15, 0.2) is 5.38 Å². The Bertz CT molecular complexity index is 373. The lowest BCUT2D eigenvalue weighted by Crippen LogP contribution is -2.41. The molecule has 2 heterocycles. The molecule has 0 spiro atoms. The van der Waals surface area contributed by atoms with Gasteiger partial charge in [0.15, 0.2) is 0 Å². The Morgan fingerprint density at radius 1 is 1.65 bits per heavy atom. The van der Waals surface area contributed by atoms with Crippen molar-refractivity contribution in [3.8, 4) is 0 Å². The van der Waals surface area contributed by atoms with Gasteiger partial charge in [0.05, 0.1) is 6.42 Å². The topological polar surface area (TPSA) is 67.3 Å². The van der Waals surface area contributed by atoms with Gasteiger partial charge in [0, 0.05) is 18.8 Å². The lowest BCUT2D eigenvalue weighted by atomic mass is 10.1. The van der Waals surface area contributed by atoms with Gasteiger partial charge in [-0.15, -0.1) is 0 Å². The van der Waals surface area contributed by atoms with E-state index < -0.39 is 0 Å². The number of anilines is 1. The van der Waals surface area contributed by atoms with E-state index in [4.69, 9.17) is 0 Å². The van der Waals surface area contributed by atoms with Crippen molar-refractivity contribution in [2.24, 2.45) is 0 Å². The summed E-state index contributed by atoms with van der Waals surface area (Å²) in [6.07, 6.45) is 4.44. The summed E-state index contributed by atoms with van der Waals surface area (Å²) in [4.78, 5) is 14.5. The summed E-state index contributed by atoms with van der Waals surface area (Å²) in [6, 6.07) is 0. The number of rotatable bonds is 4. The Morgan fingerprint density at radius 3 is 3.24 bits per heavy atom. The van der Waals surface area contributed by atoms with E-state index in [0.29, 0.717) is 12.6 Å². The number of carbonyl (C=O) groups excluding carboxylic acids is 1. The van der Waals surface area contributed by atoms with Gasteiger partial charge in [0.25, 0.3) is 0 Å². The number of amides is 1. The van der Waals surface area contributed by atoms with Crippen molar-refractivity contribution >= 4 is 22.4 Å². The molecule has 1 aromatic rings. The van der Waals surface area contributed by atoms with Gasteiger partial charge in [-0.3, -0.25) is 10.1 Å². The van der Waals surface area contributed by atoms with Crippen molar-refractivity contribution in [3.05, 3.63) is 11.1 Å². The zero-order valence-corrected chi connectivity index (χ0v) is 10.8. The van der Waals surface area contributed by atoms with Crippen LogP contribution in [0.25, 0.3) is 0 Å².